The number of ether oxygens (including phenoxy) is 1. The standard InChI is InChI=1S/C18H15N3O4S/c22-18-12-4-3-5-15-16(12)17(19-20-18)13-10-11(6-7-14(13)25-15)26(23,24)21-8-1-2-9-21/h3-7,10H,1-2,8-9H2,(H,20,22). The molecule has 2 aromatic carbocycles. The average Bonchev–Trinajstić information content (AvgIpc) is 3.19. The summed E-state index contributed by atoms with van der Waals surface area (Å²) in [6.45, 7) is 1.08. The number of aromatic nitrogens is 2. The first-order chi connectivity index (χ1) is 12.6. The zero-order chi connectivity index (χ0) is 17.9. The van der Waals surface area contributed by atoms with Crippen molar-refractivity contribution in [1.29, 1.82) is 0 Å². The molecular formula is C18H15N3O4S. The molecule has 0 aliphatic carbocycles. The van der Waals surface area contributed by atoms with Crippen LogP contribution in [0.3, 0.4) is 0 Å². The molecule has 2 aliphatic heterocycles. The Morgan fingerprint density at radius 3 is 2.69 bits per heavy atom. The van der Waals surface area contributed by atoms with Crippen molar-refractivity contribution >= 4 is 20.8 Å². The molecule has 0 atom stereocenters. The van der Waals surface area contributed by atoms with Crippen LogP contribution in [-0.2, 0) is 10.0 Å². The quantitative estimate of drug-likeness (QED) is 0.586. The number of sulfonamides is 1. The number of hydrogen-bond donors (Lipinski definition) is 1. The second-order valence-corrected chi connectivity index (χ2v) is 8.39. The Balaban J connectivity index is 1.74. The van der Waals surface area contributed by atoms with Gasteiger partial charge in [-0.1, -0.05) is 6.07 Å². The van der Waals surface area contributed by atoms with Gasteiger partial charge in [-0.05, 0) is 43.2 Å². The third-order valence-electron chi connectivity index (χ3n) is 4.91. The van der Waals surface area contributed by atoms with Crippen molar-refractivity contribution in [1.82, 2.24) is 14.5 Å². The molecule has 1 fully saturated rings. The van der Waals surface area contributed by atoms with Crippen LogP contribution in [-0.4, -0.2) is 36.0 Å². The minimum atomic E-state index is -3.55. The molecule has 8 heteroatoms. The first kappa shape index (κ1) is 15.5. The maximum Gasteiger partial charge on any atom is 0.272 e. The molecule has 0 amide bonds. The Kier molecular flexibility index (Phi) is 3.22. The summed E-state index contributed by atoms with van der Waals surface area (Å²) >= 11 is 0. The SMILES string of the molecule is O=c1[nH]nc2c3c(cccc13)Oc1ccc(S(=O)(=O)N3CCCC3)cc1-2. The third kappa shape index (κ3) is 2.12. The van der Waals surface area contributed by atoms with Crippen LogP contribution in [0.25, 0.3) is 22.0 Å². The van der Waals surface area contributed by atoms with Crippen molar-refractivity contribution in [3.05, 3.63) is 46.8 Å². The molecular weight excluding hydrogens is 354 g/mol. The van der Waals surface area contributed by atoms with Gasteiger partial charge in [0.1, 0.15) is 17.2 Å². The van der Waals surface area contributed by atoms with Gasteiger partial charge in [0, 0.05) is 18.7 Å². The van der Waals surface area contributed by atoms with Gasteiger partial charge in [-0.15, -0.1) is 0 Å². The largest absolute Gasteiger partial charge is 0.456 e. The topological polar surface area (TPSA) is 92.4 Å². The van der Waals surface area contributed by atoms with E-state index in [9.17, 15) is 13.2 Å². The van der Waals surface area contributed by atoms with Gasteiger partial charge in [-0.2, -0.15) is 9.40 Å². The Morgan fingerprint density at radius 1 is 1.08 bits per heavy atom. The first-order valence-electron chi connectivity index (χ1n) is 8.39. The highest BCUT2D eigenvalue weighted by atomic mass is 32.2. The van der Waals surface area contributed by atoms with E-state index >= 15 is 0 Å². The maximum atomic E-state index is 12.9. The minimum absolute atomic E-state index is 0.210. The lowest BCUT2D eigenvalue weighted by molar-refractivity contribution is 0.475. The molecule has 7 nitrogen and oxygen atoms in total. The van der Waals surface area contributed by atoms with E-state index < -0.39 is 10.0 Å². The normalized spacial score (nSPS) is 16.5. The molecule has 26 heavy (non-hydrogen) atoms. The molecule has 0 unspecified atom stereocenters. The van der Waals surface area contributed by atoms with Gasteiger partial charge in [0.25, 0.3) is 5.56 Å². The molecule has 5 rings (SSSR count). The van der Waals surface area contributed by atoms with Gasteiger partial charge in [-0.25, -0.2) is 13.5 Å². The molecule has 3 heterocycles. The van der Waals surface area contributed by atoms with E-state index in [0.29, 0.717) is 46.6 Å². The van der Waals surface area contributed by atoms with Crippen molar-refractivity contribution < 1.29 is 13.2 Å². The van der Waals surface area contributed by atoms with Crippen LogP contribution in [0.15, 0.2) is 46.1 Å². The van der Waals surface area contributed by atoms with E-state index in [1.54, 1.807) is 36.4 Å². The fourth-order valence-corrected chi connectivity index (χ4v) is 5.15. The van der Waals surface area contributed by atoms with Crippen molar-refractivity contribution in [2.24, 2.45) is 0 Å². The highest BCUT2D eigenvalue weighted by Gasteiger charge is 2.30. The summed E-state index contributed by atoms with van der Waals surface area (Å²) in [5.74, 6) is 1.06. The van der Waals surface area contributed by atoms with Gasteiger partial charge in [0.2, 0.25) is 10.0 Å². The molecule has 3 aromatic rings. The van der Waals surface area contributed by atoms with Crippen molar-refractivity contribution in [3.63, 3.8) is 0 Å². The molecule has 1 saturated heterocycles. The van der Waals surface area contributed by atoms with E-state index in [1.807, 2.05) is 0 Å². The molecule has 2 aliphatic rings. The van der Waals surface area contributed by atoms with Gasteiger partial charge in [0.15, 0.2) is 0 Å². The molecule has 1 aromatic heterocycles. The summed E-state index contributed by atoms with van der Waals surface area (Å²) in [4.78, 5) is 12.3. The number of rotatable bonds is 2. The second kappa shape index (κ2) is 5.39. The lowest BCUT2D eigenvalue weighted by Crippen LogP contribution is -2.27. The van der Waals surface area contributed by atoms with E-state index in [4.69, 9.17) is 4.74 Å². The van der Waals surface area contributed by atoms with Crippen LogP contribution in [0, 0.1) is 0 Å². The molecule has 0 spiro atoms. The van der Waals surface area contributed by atoms with E-state index in [2.05, 4.69) is 10.2 Å². The van der Waals surface area contributed by atoms with Crippen LogP contribution in [0.2, 0.25) is 0 Å². The van der Waals surface area contributed by atoms with Crippen molar-refractivity contribution in [2.45, 2.75) is 17.7 Å². The zero-order valence-corrected chi connectivity index (χ0v) is 14.5. The number of nitrogens with one attached hydrogen (secondary N) is 1. The summed E-state index contributed by atoms with van der Waals surface area (Å²) in [7, 11) is -3.55. The summed E-state index contributed by atoms with van der Waals surface area (Å²) < 4.78 is 33.1. The average molecular weight is 369 g/mol. The highest BCUT2D eigenvalue weighted by Crippen LogP contribution is 2.45. The Labute approximate surface area is 149 Å². The fraction of sp³-hybridized carbons (Fsp3) is 0.222. The summed E-state index contributed by atoms with van der Waals surface area (Å²) in [5, 5.41) is 7.72. The van der Waals surface area contributed by atoms with Gasteiger partial charge in [0.05, 0.1) is 15.7 Å². The minimum Gasteiger partial charge on any atom is -0.456 e. The number of nitrogens with zero attached hydrogens (tertiary/aromatic N) is 2. The predicted molar refractivity (Wildman–Crippen MR) is 95.9 cm³/mol. The predicted octanol–water partition coefficient (Wildman–Crippen LogP) is 2.48. The van der Waals surface area contributed by atoms with E-state index in [1.165, 1.54) is 4.31 Å². The molecule has 0 radical (unpaired) electrons. The number of hydrogen-bond acceptors (Lipinski definition) is 5. The number of H-pyrrole nitrogens is 1. The monoisotopic (exact) mass is 369 g/mol. The molecule has 0 bridgehead atoms. The van der Waals surface area contributed by atoms with Crippen molar-refractivity contribution in [3.8, 4) is 22.8 Å². The highest BCUT2D eigenvalue weighted by molar-refractivity contribution is 7.89. The van der Waals surface area contributed by atoms with Crippen LogP contribution < -0.4 is 10.3 Å². The fourth-order valence-electron chi connectivity index (χ4n) is 3.61. The van der Waals surface area contributed by atoms with Crippen LogP contribution in [0.5, 0.6) is 11.5 Å². The van der Waals surface area contributed by atoms with Crippen LogP contribution in [0.1, 0.15) is 12.8 Å². The number of benzene rings is 2. The molecule has 132 valence electrons. The number of fused-ring (bicyclic) bond motifs is 2. The summed E-state index contributed by atoms with van der Waals surface area (Å²) in [6.07, 6.45) is 1.76. The number of aromatic amines is 1. The van der Waals surface area contributed by atoms with Crippen LogP contribution >= 0.6 is 0 Å². The van der Waals surface area contributed by atoms with Gasteiger partial charge in [-0.3, -0.25) is 4.79 Å². The Morgan fingerprint density at radius 2 is 1.88 bits per heavy atom. The smallest absolute Gasteiger partial charge is 0.272 e. The molecule has 1 N–H and O–H groups in total. The van der Waals surface area contributed by atoms with Crippen LogP contribution in [0.4, 0.5) is 0 Å². The van der Waals surface area contributed by atoms with Gasteiger partial charge >= 0.3 is 0 Å². The van der Waals surface area contributed by atoms with E-state index in [-0.39, 0.29) is 10.5 Å². The Bertz CT molecular complexity index is 1210. The lowest BCUT2D eigenvalue weighted by Gasteiger charge is -2.21. The Hall–Kier alpha value is -2.71. The van der Waals surface area contributed by atoms with Gasteiger partial charge < -0.3 is 4.74 Å². The second-order valence-electron chi connectivity index (χ2n) is 6.45. The van der Waals surface area contributed by atoms with E-state index in [0.717, 1.165) is 12.8 Å². The molecule has 0 saturated carbocycles. The first-order valence-corrected chi connectivity index (χ1v) is 9.83. The zero-order valence-electron chi connectivity index (χ0n) is 13.7. The lowest BCUT2D eigenvalue weighted by atomic mass is 10.0. The summed E-state index contributed by atoms with van der Waals surface area (Å²) in [5.41, 5.74) is 0.777. The maximum absolute atomic E-state index is 12.9. The van der Waals surface area contributed by atoms with Crippen molar-refractivity contribution in [2.75, 3.05) is 13.1 Å². The third-order valence-corrected chi connectivity index (χ3v) is 6.80. The summed E-state index contributed by atoms with van der Waals surface area (Å²) in [6, 6.07) is 10.00.